The molecule has 0 aliphatic carbocycles. The van der Waals surface area contributed by atoms with E-state index >= 15 is 0 Å². The van der Waals surface area contributed by atoms with Crippen LogP contribution in [0.5, 0.6) is 0 Å². The molecule has 0 saturated carbocycles. The van der Waals surface area contributed by atoms with Crippen LogP contribution in [-0.2, 0) is 11.3 Å². The zero-order valence-corrected chi connectivity index (χ0v) is 10.1. The normalized spacial score (nSPS) is 12.9. The van der Waals surface area contributed by atoms with Gasteiger partial charge in [-0.25, -0.2) is 4.98 Å². The molecule has 0 fully saturated rings. The quantitative estimate of drug-likeness (QED) is 0.837. The number of thiazole rings is 1. The van der Waals surface area contributed by atoms with Crippen molar-refractivity contribution < 1.29 is 4.79 Å². The monoisotopic (exact) mass is 227 g/mol. The van der Waals surface area contributed by atoms with E-state index in [0.29, 0.717) is 6.54 Å². The van der Waals surface area contributed by atoms with Gasteiger partial charge in [-0.2, -0.15) is 0 Å². The number of carbonyl (C=O) groups excluding carboxylic acids is 1. The van der Waals surface area contributed by atoms with Gasteiger partial charge in [0.05, 0.1) is 23.8 Å². The fourth-order valence-corrected chi connectivity index (χ4v) is 1.73. The Hall–Kier alpha value is -0.940. The van der Waals surface area contributed by atoms with Crippen LogP contribution in [0.2, 0.25) is 0 Å². The molecule has 1 aromatic heterocycles. The van der Waals surface area contributed by atoms with Crippen molar-refractivity contribution in [3.63, 3.8) is 0 Å². The van der Waals surface area contributed by atoms with Gasteiger partial charge in [-0.3, -0.25) is 4.79 Å². The molecule has 1 aromatic rings. The number of carbonyl (C=O) groups is 1. The van der Waals surface area contributed by atoms with E-state index in [-0.39, 0.29) is 11.8 Å². The molecule has 0 saturated heterocycles. The Labute approximate surface area is 94.1 Å². The molecule has 1 rings (SSSR count). The highest BCUT2D eigenvalue weighted by Crippen LogP contribution is 2.07. The van der Waals surface area contributed by atoms with E-state index in [4.69, 9.17) is 5.73 Å². The number of rotatable bonds is 4. The van der Waals surface area contributed by atoms with Crippen LogP contribution in [0.4, 0.5) is 0 Å². The number of nitrogens with two attached hydrogens (primary N) is 1. The minimum atomic E-state index is -0.423. The van der Waals surface area contributed by atoms with Crippen molar-refractivity contribution in [2.75, 3.05) is 7.05 Å². The minimum Gasteiger partial charge on any atom is -0.338 e. The summed E-state index contributed by atoms with van der Waals surface area (Å²) in [5, 5.41) is 1.94. The van der Waals surface area contributed by atoms with Gasteiger partial charge >= 0.3 is 0 Å². The summed E-state index contributed by atoms with van der Waals surface area (Å²) in [5.41, 5.74) is 8.45. The number of nitrogens with zero attached hydrogens (tertiary/aromatic N) is 2. The Morgan fingerprint density at radius 1 is 1.67 bits per heavy atom. The van der Waals surface area contributed by atoms with Crippen molar-refractivity contribution in [3.8, 4) is 0 Å². The van der Waals surface area contributed by atoms with Crippen molar-refractivity contribution in [3.05, 3.63) is 16.6 Å². The topological polar surface area (TPSA) is 59.2 Å². The second kappa shape index (κ2) is 5.23. The molecule has 1 heterocycles. The Kier molecular flexibility index (Phi) is 4.23. The zero-order chi connectivity index (χ0) is 11.4. The average Bonchev–Trinajstić information content (AvgIpc) is 2.67. The summed E-state index contributed by atoms with van der Waals surface area (Å²) in [7, 11) is 1.75. The van der Waals surface area contributed by atoms with E-state index in [2.05, 4.69) is 4.98 Å². The lowest BCUT2D eigenvalue weighted by molar-refractivity contribution is -0.132. The lowest BCUT2D eigenvalue weighted by atomic mass is 10.0. The SMILES string of the molecule is CC(C)[C@@H](N)C(=O)N(C)Cc1cscn1. The summed E-state index contributed by atoms with van der Waals surface area (Å²) in [5.74, 6) is 0.133. The fraction of sp³-hybridized carbons (Fsp3) is 0.600. The highest BCUT2D eigenvalue weighted by atomic mass is 32.1. The van der Waals surface area contributed by atoms with E-state index in [1.54, 1.807) is 17.5 Å². The first-order valence-corrected chi connectivity index (χ1v) is 5.84. The molecule has 0 unspecified atom stereocenters. The average molecular weight is 227 g/mol. The maximum absolute atomic E-state index is 11.8. The third kappa shape index (κ3) is 3.28. The largest absolute Gasteiger partial charge is 0.338 e. The van der Waals surface area contributed by atoms with Gasteiger partial charge in [0.15, 0.2) is 0 Å². The third-order valence-corrected chi connectivity index (χ3v) is 2.90. The van der Waals surface area contributed by atoms with E-state index in [1.165, 1.54) is 11.3 Å². The Balaban J connectivity index is 2.54. The molecule has 15 heavy (non-hydrogen) atoms. The Bertz CT molecular complexity index is 310. The molecule has 1 amide bonds. The van der Waals surface area contributed by atoms with Crippen molar-refractivity contribution in [2.24, 2.45) is 11.7 Å². The van der Waals surface area contributed by atoms with Crippen molar-refractivity contribution in [1.82, 2.24) is 9.88 Å². The van der Waals surface area contributed by atoms with Crippen LogP contribution in [-0.4, -0.2) is 28.9 Å². The van der Waals surface area contributed by atoms with Gasteiger partial charge in [0, 0.05) is 12.4 Å². The molecule has 4 nitrogen and oxygen atoms in total. The third-order valence-electron chi connectivity index (χ3n) is 2.26. The Morgan fingerprint density at radius 2 is 2.33 bits per heavy atom. The second-order valence-corrected chi connectivity index (χ2v) is 4.66. The summed E-state index contributed by atoms with van der Waals surface area (Å²) in [4.78, 5) is 17.5. The molecule has 0 spiro atoms. The predicted molar refractivity (Wildman–Crippen MR) is 61.4 cm³/mol. The number of aromatic nitrogens is 1. The zero-order valence-electron chi connectivity index (χ0n) is 9.30. The number of amides is 1. The van der Waals surface area contributed by atoms with Crippen molar-refractivity contribution in [1.29, 1.82) is 0 Å². The first-order chi connectivity index (χ1) is 7.02. The number of likely N-dealkylation sites (N-methyl/N-ethyl adjacent to an activating group) is 1. The molecule has 0 bridgehead atoms. The predicted octanol–water partition coefficient (Wildman–Crippen LogP) is 1.08. The maximum atomic E-state index is 11.8. The molecule has 2 N–H and O–H groups in total. The van der Waals surface area contributed by atoms with E-state index < -0.39 is 6.04 Å². The van der Waals surface area contributed by atoms with Crippen LogP contribution >= 0.6 is 11.3 Å². The summed E-state index contributed by atoms with van der Waals surface area (Å²) in [6.45, 7) is 4.42. The smallest absolute Gasteiger partial charge is 0.239 e. The van der Waals surface area contributed by atoms with Gasteiger partial charge in [-0.05, 0) is 5.92 Å². The van der Waals surface area contributed by atoms with Crippen LogP contribution in [0.1, 0.15) is 19.5 Å². The van der Waals surface area contributed by atoms with Gasteiger partial charge in [0.2, 0.25) is 5.91 Å². The fourth-order valence-electron chi connectivity index (χ4n) is 1.18. The van der Waals surface area contributed by atoms with Crippen LogP contribution in [0.15, 0.2) is 10.9 Å². The standard InChI is InChI=1S/C10H17N3OS/c1-7(2)9(11)10(14)13(3)4-8-5-15-6-12-8/h5-7,9H,4,11H2,1-3H3/t9-/m1/s1. The molecule has 84 valence electrons. The molecule has 5 heteroatoms. The molecule has 0 aliphatic heterocycles. The molecular weight excluding hydrogens is 210 g/mol. The summed E-state index contributed by atoms with van der Waals surface area (Å²) in [6, 6.07) is -0.423. The van der Waals surface area contributed by atoms with Gasteiger partial charge in [-0.15, -0.1) is 11.3 Å². The lowest BCUT2D eigenvalue weighted by Gasteiger charge is -2.22. The number of hydrogen-bond donors (Lipinski definition) is 1. The summed E-state index contributed by atoms with van der Waals surface area (Å²) >= 11 is 1.53. The molecule has 0 aliphatic rings. The summed E-state index contributed by atoms with van der Waals surface area (Å²) in [6.07, 6.45) is 0. The first-order valence-electron chi connectivity index (χ1n) is 4.90. The highest BCUT2D eigenvalue weighted by Gasteiger charge is 2.21. The minimum absolute atomic E-state index is 0.0296. The molecule has 1 atom stereocenters. The van der Waals surface area contributed by atoms with Gasteiger partial charge in [-0.1, -0.05) is 13.8 Å². The van der Waals surface area contributed by atoms with Crippen LogP contribution in [0.25, 0.3) is 0 Å². The molecular formula is C10H17N3OS. The Morgan fingerprint density at radius 3 is 2.80 bits per heavy atom. The maximum Gasteiger partial charge on any atom is 0.239 e. The van der Waals surface area contributed by atoms with Crippen molar-refractivity contribution >= 4 is 17.2 Å². The van der Waals surface area contributed by atoms with E-state index in [0.717, 1.165) is 5.69 Å². The van der Waals surface area contributed by atoms with E-state index in [1.807, 2.05) is 19.2 Å². The second-order valence-electron chi connectivity index (χ2n) is 3.94. The number of hydrogen-bond acceptors (Lipinski definition) is 4. The van der Waals surface area contributed by atoms with Crippen molar-refractivity contribution in [2.45, 2.75) is 26.4 Å². The van der Waals surface area contributed by atoms with Gasteiger partial charge in [0.1, 0.15) is 0 Å². The highest BCUT2D eigenvalue weighted by molar-refractivity contribution is 7.07. The molecule has 0 aromatic carbocycles. The molecule has 0 radical (unpaired) electrons. The lowest BCUT2D eigenvalue weighted by Crippen LogP contribution is -2.44. The van der Waals surface area contributed by atoms with Gasteiger partial charge in [0.25, 0.3) is 0 Å². The van der Waals surface area contributed by atoms with Crippen LogP contribution in [0, 0.1) is 5.92 Å². The van der Waals surface area contributed by atoms with Gasteiger partial charge < -0.3 is 10.6 Å². The summed E-state index contributed by atoms with van der Waals surface area (Å²) < 4.78 is 0. The van der Waals surface area contributed by atoms with Crippen LogP contribution in [0.3, 0.4) is 0 Å². The van der Waals surface area contributed by atoms with E-state index in [9.17, 15) is 4.79 Å². The first kappa shape index (κ1) is 12.1. The van der Waals surface area contributed by atoms with Crippen LogP contribution < -0.4 is 5.73 Å².